The lowest BCUT2D eigenvalue weighted by atomic mass is 10.1. The summed E-state index contributed by atoms with van der Waals surface area (Å²) in [5.41, 5.74) is 5.57. The van der Waals surface area contributed by atoms with Gasteiger partial charge < -0.3 is 16.0 Å². The summed E-state index contributed by atoms with van der Waals surface area (Å²) in [6.07, 6.45) is 2.74. The van der Waals surface area contributed by atoms with E-state index in [2.05, 4.69) is 27.2 Å². The van der Waals surface area contributed by atoms with Gasteiger partial charge in [-0.05, 0) is 25.9 Å². The van der Waals surface area contributed by atoms with Gasteiger partial charge in [-0.25, -0.2) is 9.97 Å². The Kier molecular flexibility index (Phi) is 3.01. The molecule has 5 nitrogen and oxygen atoms in total. The third-order valence-corrected chi connectivity index (χ3v) is 2.75. The normalized spacial score (nSPS) is 21.8. The number of likely N-dealkylation sites (tertiary alicyclic amines) is 1. The second-order valence-electron chi connectivity index (χ2n) is 4.13. The van der Waals surface area contributed by atoms with Gasteiger partial charge in [0, 0.05) is 19.2 Å². The molecule has 1 aliphatic heterocycles. The number of rotatable bonds is 3. The van der Waals surface area contributed by atoms with Crippen LogP contribution < -0.4 is 11.1 Å². The highest BCUT2D eigenvalue weighted by molar-refractivity contribution is 5.43. The molecule has 2 heterocycles. The summed E-state index contributed by atoms with van der Waals surface area (Å²) in [4.78, 5) is 10.3. The van der Waals surface area contributed by atoms with E-state index in [0.29, 0.717) is 11.7 Å². The number of nitrogens with two attached hydrogens (primary N) is 1. The van der Waals surface area contributed by atoms with Crippen LogP contribution in [0.4, 0.5) is 11.6 Å². The van der Waals surface area contributed by atoms with Gasteiger partial charge in [0.15, 0.2) is 0 Å². The Labute approximate surface area is 89.7 Å². The fourth-order valence-corrected chi connectivity index (χ4v) is 1.91. The molecule has 15 heavy (non-hydrogen) atoms. The number of nitrogens with zero attached hydrogens (tertiary/aromatic N) is 3. The maximum absolute atomic E-state index is 5.57. The van der Waals surface area contributed by atoms with Crippen molar-refractivity contribution in [1.82, 2.24) is 14.9 Å². The second kappa shape index (κ2) is 4.44. The smallest absolute Gasteiger partial charge is 0.131 e. The van der Waals surface area contributed by atoms with E-state index >= 15 is 0 Å². The van der Waals surface area contributed by atoms with E-state index in [1.165, 1.54) is 19.3 Å². The van der Waals surface area contributed by atoms with Crippen LogP contribution in [0.3, 0.4) is 0 Å². The molecule has 0 aromatic carbocycles. The van der Waals surface area contributed by atoms with E-state index in [1.54, 1.807) is 6.07 Å². The van der Waals surface area contributed by atoms with Crippen LogP contribution in [0.5, 0.6) is 0 Å². The summed E-state index contributed by atoms with van der Waals surface area (Å²) < 4.78 is 0. The zero-order valence-electron chi connectivity index (χ0n) is 8.98. The van der Waals surface area contributed by atoms with Gasteiger partial charge in [-0.15, -0.1) is 0 Å². The molecule has 1 unspecified atom stereocenters. The SMILES string of the molecule is CN1CCC(CNc2cc(N)ncn2)C1. The monoisotopic (exact) mass is 207 g/mol. The van der Waals surface area contributed by atoms with Crippen molar-refractivity contribution in [2.45, 2.75) is 6.42 Å². The van der Waals surface area contributed by atoms with Gasteiger partial charge >= 0.3 is 0 Å². The molecule has 0 saturated carbocycles. The summed E-state index contributed by atoms with van der Waals surface area (Å²) in [5.74, 6) is 2.04. The first-order chi connectivity index (χ1) is 7.24. The quantitative estimate of drug-likeness (QED) is 0.752. The lowest BCUT2D eigenvalue weighted by Crippen LogP contribution is -2.19. The second-order valence-corrected chi connectivity index (χ2v) is 4.13. The highest BCUT2D eigenvalue weighted by Crippen LogP contribution is 2.15. The minimum absolute atomic E-state index is 0.510. The molecule has 0 aliphatic carbocycles. The van der Waals surface area contributed by atoms with Crippen LogP contribution in [0, 0.1) is 5.92 Å². The summed E-state index contributed by atoms with van der Waals surface area (Å²) in [6, 6.07) is 1.76. The van der Waals surface area contributed by atoms with E-state index in [0.717, 1.165) is 18.9 Å². The van der Waals surface area contributed by atoms with Gasteiger partial charge in [0.2, 0.25) is 0 Å². The minimum Gasteiger partial charge on any atom is -0.384 e. The Morgan fingerprint density at radius 2 is 2.47 bits per heavy atom. The number of anilines is 2. The summed E-state index contributed by atoms with van der Waals surface area (Å²) >= 11 is 0. The van der Waals surface area contributed by atoms with Crippen molar-refractivity contribution in [2.75, 3.05) is 37.7 Å². The fourth-order valence-electron chi connectivity index (χ4n) is 1.91. The Bertz CT molecular complexity index is 327. The van der Waals surface area contributed by atoms with Gasteiger partial charge in [0.05, 0.1) is 0 Å². The van der Waals surface area contributed by atoms with E-state index < -0.39 is 0 Å². The maximum Gasteiger partial charge on any atom is 0.131 e. The number of nitrogens with one attached hydrogen (secondary N) is 1. The van der Waals surface area contributed by atoms with Crippen molar-refractivity contribution in [3.05, 3.63) is 12.4 Å². The van der Waals surface area contributed by atoms with Gasteiger partial charge in [-0.1, -0.05) is 0 Å². The predicted octanol–water partition coefficient (Wildman–Crippen LogP) is 0.422. The molecule has 1 aromatic heterocycles. The third-order valence-electron chi connectivity index (χ3n) is 2.75. The molecule has 0 radical (unpaired) electrons. The largest absolute Gasteiger partial charge is 0.384 e. The average molecular weight is 207 g/mol. The van der Waals surface area contributed by atoms with Crippen molar-refractivity contribution in [3.8, 4) is 0 Å². The average Bonchev–Trinajstić information content (AvgIpc) is 2.62. The van der Waals surface area contributed by atoms with Gasteiger partial charge in [0.25, 0.3) is 0 Å². The molecule has 1 fully saturated rings. The standard InChI is InChI=1S/C10H17N5/c1-15-3-2-8(6-15)5-12-10-4-9(11)13-7-14-10/h4,7-8H,2-3,5-6H2,1H3,(H3,11,12,13,14). The minimum atomic E-state index is 0.510. The Morgan fingerprint density at radius 1 is 1.60 bits per heavy atom. The lowest BCUT2D eigenvalue weighted by Gasteiger charge is -2.11. The molecule has 1 atom stereocenters. The van der Waals surface area contributed by atoms with Crippen molar-refractivity contribution in [1.29, 1.82) is 0 Å². The summed E-state index contributed by atoms with van der Waals surface area (Å²) in [6.45, 7) is 3.31. The van der Waals surface area contributed by atoms with Crippen LogP contribution in [0.15, 0.2) is 12.4 Å². The molecule has 3 N–H and O–H groups in total. The molecular weight excluding hydrogens is 190 g/mol. The topological polar surface area (TPSA) is 67.1 Å². The molecular formula is C10H17N5. The fraction of sp³-hybridized carbons (Fsp3) is 0.600. The van der Waals surface area contributed by atoms with E-state index in [-0.39, 0.29) is 0 Å². The molecule has 1 saturated heterocycles. The maximum atomic E-state index is 5.57. The van der Waals surface area contributed by atoms with Gasteiger partial charge in [-0.2, -0.15) is 0 Å². The molecule has 2 rings (SSSR count). The Hall–Kier alpha value is -1.36. The highest BCUT2D eigenvalue weighted by Gasteiger charge is 2.18. The molecule has 0 amide bonds. The number of nitrogen functional groups attached to an aromatic ring is 1. The third kappa shape index (κ3) is 2.79. The predicted molar refractivity (Wildman–Crippen MR) is 60.5 cm³/mol. The van der Waals surface area contributed by atoms with Crippen LogP contribution >= 0.6 is 0 Å². The van der Waals surface area contributed by atoms with Crippen molar-refractivity contribution in [2.24, 2.45) is 5.92 Å². The number of hydrogen-bond donors (Lipinski definition) is 2. The summed E-state index contributed by atoms with van der Waals surface area (Å²) in [5, 5.41) is 3.29. The van der Waals surface area contributed by atoms with E-state index in [1.807, 2.05) is 0 Å². The summed E-state index contributed by atoms with van der Waals surface area (Å²) in [7, 11) is 2.16. The van der Waals surface area contributed by atoms with Gasteiger partial charge in [0.1, 0.15) is 18.0 Å². The number of aromatic nitrogens is 2. The molecule has 5 heteroatoms. The molecule has 82 valence electrons. The molecule has 0 bridgehead atoms. The zero-order chi connectivity index (χ0) is 10.7. The van der Waals surface area contributed by atoms with Crippen LogP contribution in [-0.4, -0.2) is 41.5 Å². The highest BCUT2D eigenvalue weighted by atomic mass is 15.1. The van der Waals surface area contributed by atoms with Crippen molar-refractivity contribution >= 4 is 11.6 Å². The Balaban J connectivity index is 1.83. The first-order valence-electron chi connectivity index (χ1n) is 5.24. The Morgan fingerprint density at radius 3 is 3.13 bits per heavy atom. The van der Waals surface area contributed by atoms with Crippen LogP contribution in [0.2, 0.25) is 0 Å². The first-order valence-corrected chi connectivity index (χ1v) is 5.24. The zero-order valence-corrected chi connectivity index (χ0v) is 8.98. The number of hydrogen-bond acceptors (Lipinski definition) is 5. The van der Waals surface area contributed by atoms with Gasteiger partial charge in [-0.3, -0.25) is 0 Å². The van der Waals surface area contributed by atoms with E-state index in [9.17, 15) is 0 Å². The van der Waals surface area contributed by atoms with Crippen molar-refractivity contribution < 1.29 is 0 Å². The van der Waals surface area contributed by atoms with Crippen LogP contribution in [0.25, 0.3) is 0 Å². The van der Waals surface area contributed by atoms with Crippen LogP contribution in [-0.2, 0) is 0 Å². The lowest BCUT2D eigenvalue weighted by molar-refractivity contribution is 0.399. The first kappa shape index (κ1) is 10.2. The molecule has 1 aromatic rings. The molecule has 0 spiro atoms. The molecule has 1 aliphatic rings. The van der Waals surface area contributed by atoms with E-state index in [4.69, 9.17) is 5.73 Å². The van der Waals surface area contributed by atoms with Crippen LogP contribution in [0.1, 0.15) is 6.42 Å². The van der Waals surface area contributed by atoms with Crippen molar-refractivity contribution in [3.63, 3.8) is 0 Å².